The summed E-state index contributed by atoms with van der Waals surface area (Å²) in [6, 6.07) is -0.310. The van der Waals surface area contributed by atoms with Gasteiger partial charge in [-0.05, 0) is 24.3 Å². The predicted molar refractivity (Wildman–Crippen MR) is 45.0 cm³/mol. The third kappa shape index (κ3) is 1.80. The number of nitrogens with two attached hydrogens (primary N) is 1. The van der Waals surface area contributed by atoms with Crippen LogP contribution < -0.4 is 5.73 Å². The Bertz CT molecular complexity index is 184. The first-order valence-electron chi connectivity index (χ1n) is 4.01. The van der Waals surface area contributed by atoms with Crippen molar-refractivity contribution in [3.8, 4) is 0 Å². The topological polar surface area (TPSA) is 26.0 Å². The van der Waals surface area contributed by atoms with Gasteiger partial charge in [-0.25, -0.2) is 4.39 Å². The number of allylic oxidation sites excluding steroid dienone is 1. The molecule has 11 heavy (non-hydrogen) atoms. The number of rotatable bonds is 0. The lowest BCUT2D eigenvalue weighted by molar-refractivity contribution is 0.242. The van der Waals surface area contributed by atoms with Gasteiger partial charge in [0.1, 0.15) is 6.17 Å². The molecule has 0 amide bonds. The minimum atomic E-state index is -0.928. The van der Waals surface area contributed by atoms with E-state index < -0.39 is 6.17 Å². The molecule has 0 heterocycles. The molecule has 0 aliphatic heterocycles. The molecule has 64 valence electrons. The molecule has 0 aromatic rings. The summed E-state index contributed by atoms with van der Waals surface area (Å²) in [7, 11) is 0. The minimum Gasteiger partial charge on any atom is -0.325 e. The Morgan fingerprint density at radius 2 is 2.18 bits per heavy atom. The quantitative estimate of drug-likeness (QED) is 0.535. The fraction of sp³-hybridized carbons (Fsp3) is 0.778. The van der Waals surface area contributed by atoms with Gasteiger partial charge in [-0.3, -0.25) is 0 Å². The summed E-state index contributed by atoms with van der Waals surface area (Å²) in [5.74, 6) is 0. The van der Waals surface area contributed by atoms with Crippen LogP contribution in [-0.2, 0) is 0 Å². The van der Waals surface area contributed by atoms with Crippen molar-refractivity contribution < 1.29 is 4.39 Å². The summed E-state index contributed by atoms with van der Waals surface area (Å²) in [6.45, 7) is 5.98. The Hall–Kier alpha value is -0.370. The third-order valence-corrected chi connectivity index (χ3v) is 2.19. The summed E-state index contributed by atoms with van der Waals surface area (Å²) in [4.78, 5) is 0. The summed E-state index contributed by atoms with van der Waals surface area (Å²) in [6.07, 6.45) is 1.80. The molecule has 0 fully saturated rings. The van der Waals surface area contributed by atoms with Gasteiger partial charge in [0.2, 0.25) is 0 Å². The highest BCUT2D eigenvalue weighted by Crippen LogP contribution is 2.33. The van der Waals surface area contributed by atoms with Crippen molar-refractivity contribution in [3.63, 3.8) is 0 Å². The van der Waals surface area contributed by atoms with Gasteiger partial charge in [-0.15, -0.1) is 0 Å². The van der Waals surface area contributed by atoms with Gasteiger partial charge >= 0.3 is 0 Å². The molecule has 0 unspecified atom stereocenters. The summed E-state index contributed by atoms with van der Waals surface area (Å²) >= 11 is 0. The van der Waals surface area contributed by atoms with E-state index in [0.717, 1.165) is 12.0 Å². The molecular weight excluding hydrogens is 141 g/mol. The van der Waals surface area contributed by atoms with Gasteiger partial charge in [0.25, 0.3) is 0 Å². The van der Waals surface area contributed by atoms with Crippen LogP contribution in [0.4, 0.5) is 4.39 Å². The highest BCUT2D eigenvalue weighted by atomic mass is 19.1. The molecule has 1 nitrogen and oxygen atoms in total. The normalized spacial score (nSPS) is 36.6. The second kappa shape index (κ2) is 2.59. The predicted octanol–water partition coefficient (Wildman–Crippen LogP) is 2.03. The maximum atomic E-state index is 13.1. The summed E-state index contributed by atoms with van der Waals surface area (Å²) in [5.41, 5.74) is 6.49. The molecule has 0 spiro atoms. The smallest absolute Gasteiger partial charge is 0.136 e. The van der Waals surface area contributed by atoms with E-state index in [2.05, 4.69) is 13.8 Å². The van der Waals surface area contributed by atoms with Crippen LogP contribution in [0.3, 0.4) is 0 Å². The van der Waals surface area contributed by atoms with Gasteiger partial charge in [-0.2, -0.15) is 0 Å². The zero-order valence-corrected chi connectivity index (χ0v) is 7.39. The molecule has 0 bridgehead atoms. The van der Waals surface area contributed by atoms with E-state index in [1.54, 1.807) is 0 Å². The largest absolute Gasteiger partial charge is 0.325 e. The van der Waals surface area contributed by atoms with Gasteiger partial charge in [0.05, 0.1) is 0 Å². The highest BCUT2D eigenvalue weighted by Gasteiger charge is 2.31. The minimum absolute atomic E-state index is 0.0755. The van der Waals surface area contributed by atoms with Gasteiger partial charge in [0, 0.05) is 6.04 Å². The Kier molecular flexibility index (Phi) is 2.06. The molecule has 0 radical (unpaired) electrons. The lowest BCUT2D eigenvalue weighted by Crippen LogP contribution is -2.40. The van der Waals surface area contributed by atoms with Crippen LogP contribution in [0, 0.1) is 5.41 Å². The molecule has 1 aliphatic carbocycles. The van der Waals surface area contributed by atoms with Crippen molar-refractivity contribution >= 4 is 0 Å². The molecule has 0 aromatic carbocycles. The molecule has 0 aromatic heterocycles. The van der Waals surface area contributed by atoms with E-state index in [0.29, 0.717) is 0 Å². The number of alkyl halides is 1. The van der Waals surface area contributed by atoms with Crippen LogP contribution in [-0.4, -0.2) is 12.2 Å². The lowest BCUT2D eigenvalue weighted by atomic mass is 9.77. The maximum Gasteiger partial charge on any atom is 0.136 e. The second-order valence-electron chi connectivity index (χ2n) is 4.15. The van der Waals surface area contributed by atoms with Crippen LogP contribution in [0.1, 0.15) is 27.2 Å². The van der Waals surface area contributed by atoms with E-state index in [-0.39, 0.29) is 11.5 Å². The van der Waals surface area contributed by atoms with E-state index in [1.807, 2.05) is 13.0 Å². The zero-order chi connectivity index (χ0) is 8.65. The Balaban J connectivity index is 2.85. The average Bonchev–Trinajstić information content (AvgIpc) is 1.81. The number of hydrogen-bond donors (Lipinski definition) is 1. The number of halogens is 1. The Morgan fingerprint density at radius 1 is 1.64 bits per heavy atom. The molecule has 1 rings (SSSR count). The first-order chi connectivity index (χ1) is 4.92. The molecular formula is C9H16FN. The van der Waals surface area contributed by atoms with Crippen LogP contribution in [0.2, 0.25) is 0 Å². The van der Waals surface area contributed by atoms with Crippen molar-refractivity contribution in [3.05, 3.63) is 11.6 Å². The molecule has 0 saturated heterocycles. The van der Waals surface area contributed by atoms with Crippen molar-refractivity contribution in [2.24, 2.45) is 11.1 Å². The van der Waals surface area contributed by atoms with E-state index in [9.17, 15) is 4.39 Å². The van der Waals surface area contributed by atoms with Crippen molar-refractivity contribution in [2.75, 3.05) is 0 Å². The van der Waals surface area contributed by atoms with Crippen LogP contribution >= 0.6 is 0 Å². The fourth-order valence-electron chi connectivity index (χ4n) is 1.80. The van der Waals surface area contributed by atoms with E-state index in [4.69, 9.17) is 5.73 Å². The average molecular weight is 157 g/mol. The van der Waals surface area contributed by atoms with Gasteiger partial charge in [-0.1, -0.05) is 19.9 Å². The molecule has 2 atom stereocenters. The summed E-state index contributed by atoms with van der Waals surface area (Å²) < 4.78 is 13.1. The second-order valence-corrected chi connectivity index (χ2v) is 4.15. The standard InChI is InChI=1S/C9H16FN/c1-6-4-9(2,3)5-7(11)8(6)10/h4,7-8H,5,11H2,1-3H3/t7-,8+/m0/s1. The molecule has 1 aliphatic rings. The molecule has 2 heteroatoms. The van der Waals surface area contributed by atoms with Gasteiger partial charge < -0.3 is 5.73 Å². The lowest BCUT2D eigenvalue weighted by Gasteiger charge is -2.33. The van der Waals surface area contributed by atoms with E-state index >= 15 is 0 Å². The van der Waals surface area contributed by atoms with Crippen molar-refractivity contribution in [2.45, 2.75) is 39.4 Å². The molecule has 2 N–H and O–H groups in total. The fourth-order valence-corrected chi connectivity index (χ4v) is 1.80. The Morgan fingerprint density at radius 3 is 2.64 bits per heavy atom. The van der Waals surface area contributed by atoms with Crippen LogP contribution in [0.5, 0.6) is 0 Å². The van der Waals surface area contributed by atoms with Crippen LogP contribution in [0.15, 0.2) is 11.6 Å². The first kappa shape index (κ1) is 8.72. The van der Waals surface area contributed by atoms with Crippen LogP contribution in [0.25, 0.3) is 0 Å². The molecule has 0 saturated carbocycles. The first-order valence-corrected chi connectivity index (χ1v) is 4.01. The number of hydrogen-bond acceptors (Lipinski definition) is 1. The maximum absolute atomic E-state index is 13.1. The Labute approximate surface area is 67.5 Å². The summed E-state index contributed by atoms with van der Waals surface area (Å²) in [5, 5.41) is 0. The van der Waals surface area contributed by atoms with Crippen molar-refractivity contribution in [1.82, 2.24) is 0 Å². The highest BCUT2D eigenvalue weighted by molar-refractivity contribution is 5.17. The third-order valence-electron chi connectivity index (χ3n) is 2.19. The van der Waals surface area contributed by atoms with Gasteiger partial charge in [0.15, 0.2) is 0 Å². The zero-order valence-electron chi connectivity index (χ0n) is 7.39. The van der Waals surface area contributed by atoms with Crippen molar-refractivity contribution in [1.29, 1.82) is 0 Å². The monoisotopic (exact) mass is 157 g/mol. The van der Waals surface area contributed by atoms with E-state index in [1.165, 1.54) is 0 Å². The SMILES string of the molecule is CC1=CC(C)(C)C[C@H](N)[C@@H]1F.